The molecule has 1 aromatic rings. The molecule has 0 spiro atoms. The van der Waals surface area contributed by atoms with Crippen molar-refractivity contribution in [3.63, 3.8) is 0 Å². The Bertz CT molecular complexity index is 617. The first kappa shape index (κ1) is 15.4. The van der Waals surface area contributed by atoms with E-state index in [1.54, 1.807) is 6.08 Å². The molecule has 0 amide bonds. The minimum absolute atomic E-state index is 0.547. The number of ether oxygens (including phenoxy) is 2. The lowest BCUT2D eigenvalue weighted by Gasteiger charge is -2.28. The maximum atomic E-state index is 11.0. The zero-order valence-electron chi connectivity index (χ0n) is 12.8. The summed E-state index contributed by atoms with van der Waals surface area (Å²) in [6, 6.07) is 1.82. The van der Waals surface area contributed by atoms with Crippen LogP contribution in [-0.4, -0.2) is 19.3 Å². The zero-order valence-corrected chi connectivity index (χ0v) is 13.5. The van der Waals surface area contributed by atoms with E-state index in [1.807, 2.05) is 6.07 Å². The molecule has 1 fully saturated rings. The molecule has 0 atom stereocenters. The van der Waals surface area contributed by atoms with Crippen molar-refractivity contribution in [2.24, 2.45) is 4.99 Å². The lowest BCUT2D eigenvalue weighted by atomic mass is 9.84. The van der Waals surface area contributed by atoms with Crippen LogP contribution in [0.4, 0.5) is 0 Å². The van der Waals surface area contributed by atoms with Gasteiger partial charge in [0.1, 0.15) is 5.54 Å². The Morgan fingerprint density at radius 2 is 2.00 bits per heavy atom. The second-order valence-electron chi connectivity index (χ2n) is 5.89. The smallest absolute Gasteiger partial charge is 0.235 e. The van der Waals surface area contributed by atoms with E-state index in [9.17, 15) is 4.79 Å². The Hall–Kier alpha value is -1.51. The third-order valence-corrected chi connectivity index (χ3v) is 4.90. The van der Waals surface area contributed by atoms with Crippen molar-refractivity contribution in [3.8, 4) is 11.5 Å². The maximum Gasteiger partial charge on any atom is 0.235 e. The van der Waals surface area contributed by atoms with Crippen LogP contribution in [0, 0.1) is 0 Å². The van der Waals surface area contributed by atoms with E-state index >= 15 is 0 Å². The molecule has 1 heterocycles. The normalized spacial score (nSPS) is 19.4. The van der Waals surface area contributed by atoms with Crippen LogP contribution in [0.1, 0.15) is 50.2 Å². The second kappa shape index (κ2) is 6.31. The van der Waals surface area contributed by atoms with Crippen LogP contribution >= 0.6 is 11.6 Å². The highest BCUT2D eigenvalue weighted by Gasteiger charge is 2.40. The lowest BCUT2D eigenvalue weighted by Crippen LogP contribution is -2.22. The van der Waals surface area contributed by atoms with Gasteiger partial charge in [0.15, 0.2) is 11.5 Å². The van der Waals surface area contributed by atoms with Gasteiger partial charge < -0.3 is 9.47 Å². The van der Waals surface area contributed by atoms with Crippen molar-refractivity contribution in [2.75, 3.05) is 13.2 Å². The van der Waals surface area contributed by atoms with Crippen molar-refractivity contribution in [1.82, 2.24) is 0 Å². The van der Waals surface area contributed by atoms with Gasteiger partial charge in [0.25, 0.3) is 0 Å². The van der Waals surface area contributed by atoms with Gasteiger partial charge in [-0.2, -0.15) is 4.99 Å². The molecular weight excluding hydrogens is 302 g/mol. The average molecular weight is 322 g/mol. The molecule has 0 N–H and O–H groups in total. The Morgan fingerprint density at radius 1 is 1.27 bits per heavy atom. The zero-order chi connectivity index (χ0) is 15.6. The minimum Gasteiger partial charge on any atom is -0.489 e. The van der Waals surface area contributed by atoms with Crippen molar-refractivity contribution < 1.29 is 14.3 Å². The van der Waals surface area contributed by atoms with Gasteiger partial charge in [0, 0.05) is 23.6 Å². The number of isocyanates is 1. The fraction of sp³-hybridized carbons (Fsp3) is 0.588. The van der Waals surface area contributed by atoms with Crippen molar-refractivity contribution in [1.29, 1.82) is 0 Å². The summed E-state index contributed by atoms with van der Waals surface area (Å²) in [6.45, 7) is 3.32. The summed E-state index contributed by atoms with van der Waals surface area (Å²) in [5.74, 6) is 1.47. The van der Waals surface area contributed by atoms with E-state index in [4.69, 9.17) is 21.1 Å². The van der Waals surface area contributed by atoms with Crippen LogP contribution < -0.4 is 9.47 Å². The summed E-state index contributed by atoms with van der Waals surface area (Å²) in [5, 5.41) is 0.613. The molecule has 1 saturated carbocycles. The number of hydrogen-bond donors (Lipinski definition) is 0. The number of aliphatic imine (C=N–C) groups is 1. The fourth-order valence-corrected chi connectivity index (χ4v) is 4.03. The van der Waals surface area contributed by atoms with E-state index in [1.165, 1.54) is 0 Å². The monoisotopic (exact) mass is 321 g/mol. The van der Waals surface area contributed by atoms with Gasteiger partial charge in [-0.15, -0.1) is 0 Å². The van der Waals surface area contributed by atoms with Gasteiger partial charge in [-0.3, -0.25) is 0 Å². The second-order valence-corrected chi connectivity index (χ2v) is 6.29. The standard InChI is InChI=1S/C17H20ClNO3/c1-2-12-15(17(19-11-20)6-3-4-7-17)13(18)10-14-16(12)22-9-5-8-21-14/h10H,2-9H2,1H3. The first-order chi connectivity index (χ1) is 10.7. The summed E-state index contributed by atoms with van der Waals surface area (Å²) >= 11 is 6.58. The Balaban J connectivity index is 2.22. The largest absolute Gasteiger partial charge is 0.489 e. The first-order valence-electron chi connectivity index (χ1n) is 7.92. The van der Waals surface area contributed by atoms with Gasteiger partial charge in [-0.05, 0) is 19.3 Å². The highest BCUT2D eigenvalue weighted by atomic mass is 35.5. The topological polar surface area (TPSA) is 47.9 Å². The minimum atomic E-state index is -0.547. The molecule has 3 rings (SSSR count). The predicted molar refractivity (Wildman–Crippen MR) is 84.7 cm³/mol. The molecule has 0 saturated heterocycles. The molecule has 2 aliphatic rings. The number of benzene rings is 1. The van der Waals surface area contributed by atoms with Crippen LogP contribution in [0.15, 0.2) is 11.1 Å². The summed E-state index contributed by atoms with van der Waals surface area (Å²) in [5.41, 5.74) is 1.40. The van der Waals surface area contributed by atoms with E-state index < -0.39 is 5.54 Å². The number of nitrogens with zero attached hydrogens (tertiary/aromatic N) is 1. The molecule has 1 aliphatic carbocycles. The molecule has 0 radical (unpaired) electrons. The van der Waals surface area contributed by atoms with E-state index in [-0.39, 0.29) is 0 Å². The number of carbonyl (C=O) groups excluding carboxylic acids is 1. The molecule has 1 aromatic carbocycles. The maximum absolute atomic E-state index is 11.0. The number of hydrogen-bond acceptors (Lipinski definition) is 4. The number of halogens is 1. The quantitative estimate of drug-likeness (QED) is 0.620. The number of fused-ring (bicyclic) bond motifs is 1. The van der Waals surface area contributed by atoms with Gasteiger partial charge in [0.2, 0.25) is 6.08 Å². The van der Waals surface area contributed by atoms with Gasteiger partial charge >= 0.3 is 0 Å². The third-order valence-electron chi connectivity index (χ3n) is 4.60. The third kappa shape index (κ3) is 2.51. The summed E-state index contributed by atoms with van der Waals surface area (Å²) in [7, 11) is 0. The van der Waals surface area contributed by atoms with E-state index in [2.05, 4.69) is 11.9 Å². The average Bonchev–Trinajstić information content (AvgIpc) is 2.85. The molecule has 5 heteroatoms. The van der Waals surface area contributed by atoms with Crippen LogP contribution in [0.5, 0.6) is 11.5 Å². The van der Waals surface area contributed by atoms with Gasteiger partial charge in [-0.1, -0.05) is 31.4 Å². The molecule has 0 bridgehead atoms. The SMILES string of the molecule is CCc1c2c(cc(Cl)c1C1(N=C=O)CCCC1)OCCCO2. The van der Waals surface area contributed by atoms with Crippen LogP contribution in [0.2, 0.25) is 5.02 Å². The molecule has 1 aliphatic heterocycles. The Labute approximate surface area is 135 Å². The fourth-order valence-electron chi connectivity index (χ4n) is 3.65. The van der Waals surface area contributed by atoms with Crippen LogP contribution in [0.3, 0.4) is 0 Å². The molecular formula is C17H20ClNO3. The van der Waals surface area contributed by atoms with E-state index in [0.29, 0.717) is 24.0 Å². The Kier molecular flexibility index (Phi) is 4.42. The predicted octanol–water partition coefficient (Wildman–Crippen LogP) is 4.17. The molecule has 4 nitrogen and oxygen atoms in total. The molecule has 0 unspecified atom stereocenters. The molecule has 118 valence electrons. The van der Waals surface area contributed by atoms with Gasteiger partial charge in [-0.25, -0.2) is 4.79 Å². The number of rotatable bonds is 3. The van der Waals surface area contributed by atoms with Crippen LogP contribution in [0.25, 0.3) is 0 Å². The first-order valence-corrected chi connectivity index (χ1v) is 8.30. The van der Waals surface area contributed by atoms with Gasteiger partial charge in [0.05, 0.1) is 18.2 Å². The van der Waals surface area contributed by atoms with Crippen LogP contribution in [-0.2, 0) is 16.8 Å². The highest BCUT2D eigenvalue weighted by molar-refractivity contribution is 6.31. The summed E-state index contributed by atoms with van der Waals surface area (Å²) in [6.07, 6.45) is 7.11. The van der Waals surface area contributed by atoms with Crippen molar-refractivity contribution >= 4 is 17.7 Å². The summed E-state index contributed by atoms with van der Waals surface area (Å²) < 4.78 is 11.7. The highest BCUT2D eigenvalue weighted by Crippen LogP contribution is 2.51. The van der Waals surface area contributed by atoms with E-state index in [0.717, 1.165) is 55.4 Å². The van der Waals surface area contributed by atoms with Crippen molar-refractivity contribution in [3.05, 3.63) is 22.2 Å². The molecule has 22 heavy (non-hydrogen) atoms. The summed E-state index contributed by atoms with van der Waals surface area (Å²) in [4.78, 5) is 15.2. The lowest BCUT2D eigenvalue weighted by molar-refractivity contribution is 0.296. The van der Waals surface area contributed by atoms with Crippen molar-refractivity contribution in [2.45, 2.75) is 51.0 Å². The molecule has 0 aromatic heterocycles. The Morgan fingerprint density at radius 3 is 2.68 bits per heavy atom.